The van der Waals surface area contributed by atoms with Gasteiger partial charge >= 0.3 is 0 Å². The third-order valence-electron chi connectivity index (χ3n) is 2.05. The van der Waals surface area contributed by atoms with E-state index in [1.807, 2.05) is 0 Å². The van der Waals surface area contributed by atoms with Gasteiger partial charge in [0.1, 0.15) is 5.84 Å². The van der Waals surface area contributed by atoms with Crippen molar-refractivity contribution in [2.24, 2.45) is 10.8 Å². The molecule has 0 saturated heterocycles. The van der Waals surface area contributed by atoms with Gasteiger partial charge < -0.3 is 10.6 Å². The van der Waals surface area contributed by atoms with Crippen LogP contribution in [-0.4, -0.2) is 49.0 Å². The molecule has 2 N–H and O–H groups in total. The van der Waals surface area contributed by atoms with E-state index in [2.05, 4.69) is 36.0 Å². The van der Waals surface area contributed by atoms with Crippen LogP contribution in [0.2, 0.25) is 0 Å². The molecule has 0 fully saturated rings. The number of nitrogens with zero attached hydrogens (tertiary/aromatic N) is 3. The van der Waals surface area contributed by atoms with Crippen LogP contribution < -0.4 is 5.73 Å². The van der Waals surface area contributed by atoms with Crippen molar-refractivity contribution < 1.29 is 0 Å². The largest absolute Gasteiger partial charge is 0.386 e. The number of amidine groups is 1. The van der Waals surface area contributed by atoms with Crippen molar-refractivity contribution in [3.8, 4) is 0 Å². The maximum Gasteiger partial charge on any atom is 0.121 e. The molecule has 0 aliphatic carbocycles. The van der Waals surface area contributed by atoms with E-state index in [1.54, 1.807) is 0 Å². The van der Waals surface area contributed by atoms with Gasteiger partial charge in [-0.25, -0.2) is 0 Å². The quantitative estimate of drug-likeness (QED) is 0.644. The highest BCUT2D eigenvalue weighted by molar-refractivity contribution is 5.81. The molecule has 0 bridgehead atoms. The number of hydrazone groups is 1. The summed E-state index contributed by atoms with van der Waals surface area (Å²) in [6.45, 7) is 4.15. The third kappa shape index (κ3) is 2.37. The average molecular weight is 170 g/mol. The molecule has 1 aliphatic rings. The molecule has 70 valence electrons. The molecular weight excluding hydrogens is 152 g/mol. The molecule has 0 radical (unpaired) electrons. The van der Waals surface area contributed by atoms with Crippen LogP contribution in [0.1, 0.15) is 13.3 Å². The summed E-state index contributed by atoms with van der Waals surface area (Å²) in [5.74, 6) is 0.765. The van der Waals surface area contributed by atoms with Crippen LogP contribution in [-0.2, 0) is 0 Å². The lowest BCUT2D eigenvalue weighted by molar-refractivity contribution is 0.218. The Morgan fingerprint density at radius 1 is 1.67 bits per heavy atom. The van der Waals surface area contributed by atoms with Crippen LogP contribution in [0.4, 0.5) is 0 Å². The smallest absolute Gasteiger partial charge is 0.121 e. The summed E-state index contributed by atoms with van der Waals surface area (Å²) in [5, 5.41) is 6.31. The molecule has 1 unspecified atom stereocenters. The normalized spacial score (nSPS) is 23.5. The molecule has 0 aromatic rings. The molecule has 4 heteroatoms. The first-order chi connectivity index (χ1) is 5.59. The van der Waals surface area contributed by atoms with Gasteiger partial charge in [-0.3, -0.25) is 5.01 Å². The number of nitrogens with two attached hydrogens (primary N) is 1. The monoisotopic (exact) mass is 170 g/mol. The van der Waals surface area contributed by atoms with Crippen molar-refractivity contribution in [3.63, 3.8) is 0 Å². The van der Waals surface area contributed by atoms with Gasteiger partial charge in [0.15, 0.2) is 0 Å². The van der Waals surface area contributed by atoms with Crippen LogP contribution in [0, 0.1) is 0 Å². The molecular formula is C8H18N4. The molecule has 0 amide bonds. The second-order valence-electron chi connectivity index (χ2n) is 3.61. The Balaban J connectivity index is 2.32. The van der Waals surface area contributed by atoms with Crippen molar-refractivity contribution in [2.45, 2.75) is 19.4 Å². The fourth-order valence-electron chi connectivity index (χ4n) is 1.29. The minimum Gasteiger partial charge on any atom is -0.386 e. The lowest BCUT2D eigenvalue weighted by atomic mass is 10.2. The maximum absolute atomic E-state index is 5.62. The SMILES string of the molecule is CC1CC(N)=NN1CCN(C)C. The molecule has 1 aliphatic heterocycles. The third-order valence-corrected chi connectivity index (χ3v) is 2.05. The highest BCUT2D eigenvalue weighted by Crippen LogP contribution is 2.11. The Labute approximate surface area is 74.0 Å². The molecule has 4 nitrogen and oxygen atoms in total. The van der Waals surface area contributed by atoms with E-state index < -0.39 is 0 Å². The van der Waals surface area contributed by atoms with Crippen molar-refractivity contribution in [1.29, 1.82) is 0 Å². The van der Waals surface area contributed by atoms with Gasteiger partial charge in [0.2, 0.25) is 0 Å². The van der Waals surface area contributed by atoms with Crippen molar-refractivity contribution in [1.82, 2.24) is 9.91 Å². The number of hydrogen-bond acceptors (Lipinski definition) is 4. The second-order valence-corrected chi connectivity index (χ2v) is 3.61. The van der Waals surface area contributed by atoms with Crippen molar-refractivity contribution in [2.75, 3.05) is 27.2 Å². The second kappa shape index (κ2) is 3.76. The maximum atomic E-state index is 5.62. The van der Waals surface area contributed by atoms with Gasteiger partial charge in [-0.15, -0.1) is 0 Å². The van der Waals surface area contributed by atoms with Crippen LogP contribution >= 0.6 is 0 Å². The molecule has 0 spiro atoms. The van der Waals surface area contributed by atoms with E-state index in [-0.39, 0.29) is 0 Å². The van der Waals surface area contributed by atoms with Crippen LogP contribution in [0.3, 0.4) is 0 Å². The average Bonchev–Trinajstić information content (AvgIpc) is 2.26. The van der Waals surface area contributed by atoms with Gasteiger partial charge in [0.25, 0.3) is 0 Å². The van der Waals surface area contributed by atoms with Crippen molar-refractivity contribution in [3.05, 3.63) is 0 Å². The summed E-state index contributed by atoms with van der Waals surface area (Å²) in [6.07, 6.45) is 0.910. The summed E-state index contributed by atoms with van der Waals surface area (Å²) in [6, 6.07) is 0.477. The standard InChI is InChI=1S/C8H18N4/c1-7-6-8(9)10-12(7)5-4-11(2)3/h7H,4-6H2,1-3H3,(H2,9,10). The minimum absolute atomic E-state index is 0.477. The zero-order valence-corrected chi connectivity index (χ0v) is 8.12. The number of rotatable bonds is 3. The summed E-state index contributed by atoms with van der Waals surface area (Å²) >= 11 is 0. The van der Waals surface area contributed by atoms with Gasteiger partial charge in [0.05, 0.1) is 6.04 Å². The summed E-state index contributed by atoms with van der Waals surface area (Å²) in [4.78, 5) is 2.15. The zero-order chi connectivity index (χ0) is 9.14. The highest BCUT2D eigenvalue weighted by atomic mass is 15.5. The molecule has 0 aromatic carbocycles. The predicted molar refractivity (Wildman–Crippen MR) is 51.0 cm³/mol. The Kier molecular flexibility index (Phi) is 2.92. The Morgan fingerprint density at radius 2 is 2.33 bits per heavy atom. The number of hydrogen-bond donors (Lipinski definition) is 1. The Morgan fingerprint density at radius 3 is 2.75 bits per heavy atom. The van der Waals surface area contributed by atoms with E-state index in [1.165, 1.54) is 0 Å². The van der Waals surface area contributed by atoms with Gasteiger partial charge in [0, 0.05) is 19.5 Å². The van der Waals surface area contributed by atoms with Crippen molar-refractivity contribution >= 4 is 5.84 Å². The highest BCUT2D eigenvalue weighted by Gasteiger charge is 2.19. The molecule has 1 rings (SSSR count). The van der Waals surface area contributed by atoms with E-state index >= 15 is 0 Å². The molecule has 1 atom stereocenters. The molecule has 0 aromatic heterocycles. The van der Waals surface area contributed by atoms with E-state index in [0.29, 0.717) is 6.04 Å². The van der Waals surface area contributed by atoms with E-state index in [4.69, 9.17) is 5.73 Å². The van der Waals surface area contributed by atoms with Gasteiger partial charge in [-0.05, 0) is 21.0 Å². The lowest BCUT2D eigenvalue weighted by Crippen LogP contribution is -2.31. The Hall–Kier alpha value is -0.770. The predicted octanol–water partition coefficient (Wildman–Crippen LogP) is -0.0856. The summed E-state index contributed by atoms with van der Waals surface area (Å²) in [5.41, 5.74) is 5.62. The van der Waals surface area contributed by atoms with Crippen LogP contribution in [0.15, 0.2) is 5.10 Å². The molecule has 12 heavy (non-hydrogen) atoms. The van der Waals surface area contributed by atoms with Gasteiger partial charge in [-0.2, -0.15) is 5.10 Å². The number of likely N-dealkylation sites (N-methyl/N-ethyl adjacent to an activating group) is 1. The fraction of sp³-hybridized carbons (Fsp3) is 0.875. The summed E-state index contributed by atoms with van der Waals surface area (Å²) < 4.78 is 0. The zero-order valence-electron chi connectivity index (χ0n) is 8.12. The van der Waals surface area contributed by atoms with Crippen LogP contribution in [0.5, 0.6) is 0 Å². The summed E-state index contributed by atoms with van der Waals surface area (Å²) in [7, 11) is 4.13. The van der Waals surface area contributed by atoms with E-state index in [9.17, 15) is 0 Å². The molecule has 0 saturated carbocycles. The molecule has 1 heterocycles. The minimum atomic E-state index is 0.477. The topological polar surface area (TPSA) is 44.9 Å². The van der Waals surface area contributed by atoms with E-state index in [0.717, 1.165) is 25.3 Å². The first-order valence-electron chi connectivity index (χ1n) is 4.34. The lowest BCUT2D eigenvalue weighted by Gasteiger charge is -2.21. The fourth-order valence-corrected chi connectivity index (χ4v) is 1.29. The van der Waals surface area contributed by atoms with Crippen LogP contribution in [0.25, 0.3) is 0 Å². The first kappa shape index (κ1) is 9.32. The Bertz CT molecular complexity index is 176. The first-order valence-corrected chi connectivity index (χ1v) is 4.34. The van der Waals surface area contributed by atoms with Gasteiger partial charge in [-0.1, -0.05) is 0 Å².